The molecule has 1 aromatic carbocycles. The minimum atomic E-state index is -2.91. The number of sulfone groups is 1. The van der Waals surface area contributed by atoms with Gasteiger partial charge in [-0.3, -0.25) is 4.79 Å². The third kappa shape index (κ3) is 3.52. The maximum absolute atomic E-state index is 12.2. The molecule has 0 aromatic heterocycles. The molecule has 0 unspecified atom stereocenters. The summed E-state index contributed by atoms with van der Waals surface area (Å²) in [5, 5.41) is 2.80. The lowest BCUT2D eigenvalue weighted by molar-refractivity contribution is 0.0948. The summed E-state index contributed by atoms with van der Waals surface area (Å²) in [5.41, 5.74) is 0.491. The molecule has 2 aliphatic rings. The number of carbonyl (C=O) groups is 1. The highest BCUT2D eigenvalue weighted by Crippen LogP contribution is 2.30. The van der Waals surface area contributed by atoms with Crippen LogP contribution in [0.2, 0.25) is 0 Å². The highest BCUT2D eigenvalue weighted by molar-refractivity contribution is 7.91. The average Bonchev–Trinajstić information content (AvgIpc) is 2.71. The Hall–Kier alpha value is -1.76. The monoisotopic (exact) mass is 325 g/mol. The van der Waals surface area contributed by atoms with E-state index in [4.69, 9.17) is 9.47 Å². The Morgan fingerprint density at radius 1 is 1.23 bits per heavy atom. The molecule has 1 aromatic rings. The zero-order valence-corrected chi connectivity index (χ0v) is 13.0. The summed E-state index contributed by atoms with van der Waals surface area (Å²) in [6.07, 6.45) is 1.43. The van der Waals surface area contributed by atoms with Crippen molar-refractivity contribution < 1.29 is 22.7 Å². The molecule has 1 fully saturated rings. The van der Waals surface area contributed by atoms with Gasteiger partial charge >= 0.3 is 0 Å². The molecule has 2 heterocycles. The highest BCUT2D eigenvalue weighted by Gasteiger charge is 2.28. The predicted octanol–water partition coefficient (Wildman–Crippen LogP) is 1.01. The molecule has 1 saturated heterocycles. The van der Waals surface area contributed by atoms with Gasteiger partial charge in [-0.2, -0.15) is 0 Å². The zero-order valence-electron chi connectivity index (χ0n) is 12.2. The summed E-state index contributed by atoms with van der Waals surface area (Å²) in [5.74, 6) is 1.39. The van der Waals surface area contributed by atoms with Crippen LogP contribution in [-0.4, -0.2) is 45.6 Å². The average molecular weight is 325 g/mol. The van der Waals surface area contributed by atoms with Crippen LogP contribution in [0.3, 0.4) is 0 Å². The van der Waals surface area contributed by atoms with Gasteiger partial charge in [0.25, 0.3) is 5.91 Å². The second-order valence-electron chi connectivity index (χ2n) is 5.69. The van der Waals surface area contributed by atoms with Gasteiger partial charge in [0.05, 0.1) is 24.7 Å². The van der Waals surface area contributed by atoms with Crippen LogP contribution in [-0.2, 0) is 9.84 Å². The second-order valence-corrected chi connectivity index (χ2v) is 7.92. The number of carbonyl (C=O) groups excluding carboxylic acids is 1. The van der Waals surface area contributed by atoms with E-state index in [-0.39, 0.29) is 23.3 Å². The molecule has 0 bridgehead atoms. The first kappa shape index (κ1) is 15.1. The Morgan fingerprint density at radius 2 is 2.00 bits per heavy atom. The van der Waals surface area contributed by atoms with E-state index in [1.165, 1.54) is 0 Å². The fraction of sp³-hybridized carbons (Fsp3) is 0.533. The third-order valence-corrected chi connectivity index (χ3v) is 5.72. The van der Waals surface area contributed by atoms with Crippen molar-refractivity contribution in [3.8, 4) is 11.5 Å². The maximum Gasteiger partial charge on any atom is 0.251 e. The summed E-state index contributed by atoms with van der Waals surface area (Å²) in [4.78, 5) is 12.2. The summed E-state index contributed by atoms with van der Waals surface area (Å²) in [7, 11) is -2.91. The molecule has 22 heavy (non-hydrogen) atoms. The molecule has 1 atom stereocenters. The molecular weight excluding hydrogens is 306 g/mol. The first-order chi connectivity index (χ1) is 10.5. The van der Waals surface area contributed by atoms with E-state index in [0.717, 1.165) is 6.42 Å². The topological polar surface area (TPSA) is 81.7 Å². The largest absolute Gasteiger partial charge is 0.490 e. The molecule has 7 heteroatoms. The van der Waals surface area contributed by atoms with Crippen LogP contribution in [0, 0.1) is 5.92 Å². The fourth-order valence-corrected chi connectivity index (χ4v) is 4.54. The number of benzene rings is 1. The van der Waals surface area contributed by atoms with Gasteiger partial charge in [0.1, 0.15) is 0 Å². The standard InChI is InChI=1S/C15H19NO5S/c17-15(16-9-11-4-7-22(18,19)10-11)12-2-3-13-14(8-12)21-6-1-5-20-13/h2-3,8,11H,1,4-7,9-10H2,(H,16,17)/t11-/m0/s1. The molecule has 6 nitrogen and oxygen atoms in total. The quantitative estimate of drug-likeness (QED) is 0.897. The zero-order chi connectivity index (χ0) is 15.6. The van der Waals surface area contributed by atoms with E-state index < -0.39 is 9.84 Å². The van der Waals surface area contributed by atoms with Crippen LogP contribution in [0.1, 0.15) is 23.2 Å². The van der Waals surface area contributed by atoms with Crippen molar-refractivity contribution in [2.75, 3.05) is 31.3 Å². The number of fused-ring (bicyclic) bond motifs is 1. The van der Waals surface area contributed by atoms with Gasteiger partial charge < -0.3 is 14.8 Å². The Kier molecular flexibility index (Phi) is 4.24. The maximum atomic E-state index is 12.2. The molecule has 0 spiro atoms. The van der Waals surface area contributed by atoms with Crippen molar-refractivity contribution in [2.24, 2.45) is 5.92 Å². The van der Waals surface area contributed by atoms with Crippen molar-refractivity contribution >= 4 is 15.7 Å². The fourth-order valence-electron chi connectivity index (χ4n) is 2.68. The van der Waals surface area contributed by atoms with E-state index in [0.29, 0.717) is 43.2 Å². The molecule has 0 saturated carbocycles. The van der Waals surface area contributed by atoms with Gasteiger partial charge in [-0.15, -0.1) is 0 Å². The van der Waals surface area contributed by atoms with Crippen molar-refractivity contribution in [1.29, 1.82) is 0 Å². The van der Waals surface area contributed by atoms with Gasteiger partial charge in [0, 0.05) is 18.5 Å². The van der Waals surface area contributed by atoms with Crippen molar-refractivity contribution in [3.63, 3.8) is 0 Å². The van der Waals surface area contributed by atoms with Crippen molar-refractivity contribution in [2.45, 2.75) is 12.8 Å². The number of hydrogen-bond donors (Lipinski definition) is 1. The summed E-state index contributed by atoms with van der Waals surface area (Å²) in [6, 6.07) is 5.09. The number of rotatable bonds is 3. The van der Waals surface area contributed by atoms with Gasteiger partial charge in [-0.25, -0.2) is 8.42 Å². The molecule has 1 amide bonds. The second kappa shape index (κ2) is 6.16. The molecule has 120 valence electrons. The predicted molar refractivity (Wildman–Crippen MR) is 81.1 cm³/mol. The molecule has 3 rings (SSSR count). The van der Waals surface area contributed by atoms with Crippen LogP contribution < -0.4 is 14.8 Å². The van der Waals surface area contributed by atoms with E-state index >= 15 is 0 Å². The van der Waals surface area contributed by atoms with E-state index in [1.807, 2.05) is 0 Å². The Bertz CT molecular complexity index is 671. The first-order valence-corrected chi connectivity index (χ1v) is 9.24. The summed E-state index contributed by atoms with van der Waals surface area (Å²) >= 11 is 0. The van der Waals surface area contributed by atoms with Crippen molar-refractivity contribution in [1.82, 2.24) is 5.32 Å². The van der Waals surface area contributed by atoms with Gasteiger partial charge in [0.2, 0.25) is 0 Å². The van der Waals surface area contributed by atoms with Crippen molar-refractivity contribution in [3.05, 3.63) is 23.8 Å². The SMILES string of the molecule is O=C(NC[C@@H]1CCS(=O)(=O)C1)c1ccc2c(c1)OCCCO2. The smallest absolute Gasteiger partial charge is 0.251 e. The van der Waals surface area contributed by atoms with E-state index in [1.54, 1.807) is 18.2 Å². The van der Waals surface area contributed by atoms with E-state index in [2.05, 4.69) is 5.32 Å². The minimum Gasteiger partial charge on any atom is -0.490 e. The molecule has 0 aliphatic carbocycles. The number of nitrogens with one attached hydrogen (secondary N) is 1. The lowest BCUT2D eigenvalue weighted by atomic mass is 10.1. The Labute approximate surface area is 129 Å². The first-order valence-electron chi connectivity index (χ1n) is 7.42. The lowest BCUT2D eigenvalue weighted by Crippen LogP contribution is -2.29. The molecule has 1 N–H and O–H groups in total. The van der Waals surface area contributed by atoms with E-state index in [9.17, 15) is 13.2 Å². The lowest BCUT2D eigenvalue weighted by Gasteiger charge is -2.11. The molecule has 0 radical (unpaired) electrons. The van der Waals surface area contributed by atoms with Crippen LogP contribution in [0.4, 0.5) is 0 Å². The highest BCUT2D eigenvalue weighted by atomic mass is 32.2. The molecule has 2 aliphatic heterocycles. The van der Waals surface area contributed by atoms with Gasteiger partial charge in [0.15, 0.2) is 21.3 Å². The number of ether oxygens (including phenoxy) is 2. The third-order valence-electron chi connectivity index (χ3n) is 3.89. The van der Waals surface area contributed by atoms with Gasteiger partial charge in [-0.1, -0.05) is 0 Å². The van der Waals surface area contributed by atoms with Crippen LogP contribution in [0.25, 0.3) is 0 Å². The Morgan fingerprint density at radius 3 is 2.73 bits per heavy atom. The molecular formula is C15H19NO5S. The summed E-state index contributed by atoms with van der Waals surface area (Å²) in [6.45, 7) is 1.55. The Balaban J connectivity index is 1.62. The van der Waals surface area contributed by atoms with Crippen LogP contribution in [0.5, 0.6) is 11.5 Å². The van der Waals surface area contributed by atoms with Crippen LogP contribution >= 0.6 is 0 Å². The minimum absolute atomic E-state index is 0.00867. The summed E-state index contributed by atoms with van der Waals surface area (Å²) < 4.78 is 33.9. The number of hydrogen-bond acceptors (Lipinski definition) is 5. The van der Waals surface area contributed by atoms with Gasteiger partial charge in [-0.05, 0) is 30.5 Å². The van der Waals surface area contributed by atoms with Crippen LogP contribution in [0.15, 0.2) is 18.2 Å². The normalized spacial score (nSPS) is 22.8. The number of amides is 1.